The molecule has 120 valence electrons. The number of nitro groups is 1. The Morgan fingerprint density at radius 3 is 2.41 bits per heavy atom. The van der Waals surface area contributed by atoms with Crippen molar-refractivity contribution in [3.05, 3.63) is 39.9 Å². The number of hydrogen-bond acceptors (Lipinski definition) is 6. The van der Waals surface area contributed by atoms with E-state index in [2.05, 4.69) is 0 Å². The Kier molecular flexibility index (Phi) is 4.87. The highest BCUT2D eigenvalue weighted by molar-refractivity contribution is 5.88. The Bertz CT molecular complexity index is 608. The van der Waals surface area contributed by atoms with Crippen molar-refractivity contribution in [3.63, 3.8) is 0 Å². The molecule has 1 aromatic rings. The number of ether oxygens (including phenoxy) is 1. The minimum absolute atomic E-state index is 0.0124. The normalized spacial score (nSPS) is 14.0. The molecular weight excluding hydrogens is 292 g/mol. The maximum absolute atomic E-state index is 12.3. The maximum Gasteiger partial charge on any atom is 0.331 e. The second kappa shape index (κ2) is 6.10. The van der Waals surface area contributed by atoms with Gasteiger partial charge in [0.25, 0.3) is 5.69 Å². The lowest BCUT2D eigenvalue weighted by Gasteiger charge is -2.30. The van der Waals surface area contributed by atoms with E-state index in [1.165, 1.54) is 18.2 Å². The summed E-state index contributed by atoms with van der Waals surface area (Å²) in [4.78, 5) is 33.6. The van der Waals surface area contributed by atoms with Crippen molar-refractivity contribution in [1.82, 2.24) is 0 Å². The van der Waals surface area contributed by atoms with Gasteiger partial charge in [-0.15, -0.1) is 0 Å². The van der Waals surface area contributed by atoms with Gasteiger partial charge in [0.1, 0.15) is 5.60 Å². The van der Waals surface area contributed by atoms with Gasteiger partial charge in [-0.05, 0) is 26.3 Å². The molecule has 0 aromatic heterocycles. The van der Waals surface area contributed by atoms with Crippen molar-refractivity contribution < 1.29 is 24.4 Å². The van der Waals surface area contributed by atoms with Gasteiger partial charge in [-0.1, -0.05) is 12.1 Å². The standard InChI is InChI=1S/C14H18N2O6/c1-13(2,3)22-12(19)14(15,8-11(17)18)9-5-4-6-10(7-9)16(20)21/h4-7H,8,15H2,1-3H3,(H,17,18). The quantitative estimate of drug-likeness (QED) is 0.479. The van der Waals surface area contributed by atoms with E-state index < -0.39 is 34.4 Å². The lowest BCUT2D eigenvalue weighted by atomic mass is 9.87. The number of hydrogen-bond donors (Lipinski definition) is 2. The summed E-state index contributed by atoms with van der Waals surface area (Å²) in [5, 5.41) is 19.8. The van der Waals surface area contributed by atoms with E-state index in [0.29, 0.717) is 0 Å². The van der Waals surface area contributed by atoms with Gasteiger partial charge in [0.2, 0.25) is 0 Å². The summed E-state index contributed by atoms with van der Waals surface area (Å²) >= 11 is 0. The third-order valence-electron chi connectivity index (χ3n) is 2.77. The topological polar surface area (TPSA) is 133 Å². The number of nitrogens with two attached hydrogens (primary N) is 1. The van der Waals surface area contributed by atoms with Gasteiger partial charge in [0, 0.05) is 12.1 Å². The van der Waals surface area contributed by atoms with Crippen molar-refractivity contribution in [2.75, 3.05) is 0 Å². The number of carbonyl (C=O) groups is 2. The zero-order valence-corrected chi connectivity index (χ0v) is 12.5. The highest BCUT2D eigenvalue weighted by atomic mass is 16.6. The fourth-order valence-electron chi connectivity index (χ4n) is 1.80. The first-order valence-corrected chi connectivity index (χ1v) is 6.45. The fraction of sp³-hybridized carbons (Fsp3) is 0.429. The first-order chi connectivity index (χ1) is 9.95. The lowest BCUT2D eigenvalue weighted by molar-refractivity contribution is -0.385. The zero-order valence-electron chi connectivity index (χ0n) is 12.5. The van der Waals surface area contributed by atoms with Gasteiger partial charge in [-0.3, -0.25) is 14.9 Å². The van der Waals surface area contributed by atoms with E-state index in [1.54, 1.807) is 20.8 Å². The van der Waals surface area contributed by atoms with Crippen molar-refractivity contribution in [2.24, 2.45) is 5.73 Å². The van der Waals surface area contributed by atoms with Crippen LogP contribution in [-0.4, -0.2) is 27.6 Å². The van der Waals surface area contributed by atoms with E-state index in [0.717, 1.165) is 6.07 Å². The van der Waals surface area contributed by atoms with E-state index in [4.69, 9.17) is 15.6 Å². The monoisotopic (exact) mass is 310 g/mol. The SMILES string of the molecule is CC(C)(C)OC(=O)C(N)(CC(=O)O)c1cccc([N+](=O)[O-])c1. The van der Waals surface area contributed by atoms with Crippen LogP contribution in [0, 0.1) is 10.1 Å². The summed E-state index contributed by atoms with van der Waals surface area (Å²) in [5.41, 5.74) is 2.80. The van der Waals surface area contributed by atoms with E-state index in [9.17, 15) is 19.7 Å². The van der Waals surface area contributed by atoms with Crippen molar-refractivity contribution >= 4 is 17.6 Å². The van der Waals surface area contributed by atoms with Gasteiger partial charge < -0.3 is 15.6 Å². The zero-order chi connectivity index (χ0) is 17.1. The molecule has 1 aromatic carbocycles. The number of aliphatic carboxylic acids is 1. The van der Waals surface area contributed by atoms with Crippen LogP contribution >= 0.6 is 0 Å². The van der Waals surface area contributed by atoms with Gasteiger partial charge in [0.05, 0.1) is 11.3 Å². The Labute approximate surface area is 127 Å². The Hall–Kier alpha value is -2.48. The molecule has 0 saturated carbocycles. The van der Waals surface area contributed by atoms with E-state index in [-0.39, 0.29) is 11.3 Å². The molecule has 1 atom stereocenters. The lowest BCUT2D eigenvalue weighted by Crippen LogP contribution is -2.49. The molecule has 0 aliphatic carbocycles. The van der Waals surface area contributed by atoms with Crippen LogP contribution in [0.1, 0.15) is 32.8 Å². The third-order valence-corrected chi connectivity index (χ3v) is 2.77. The largest absolute Gasteiger partial charge is 0.481 e. The van der Waals surface area contributed by atoms with Gasteiger partial charge in [-0.2, -0.15) is 0 Å². The van der Waals surface area contributed by atoms with E-state index >= 15 is 0 Å². The van der Waals surface area contributed by atoms with E-state index in [1.807, 2.05) is 0 Å². The summed E-state index contributed by atoms with van der Waals surface area (Å²) in [6, 6.07) is 4.99. The molecular formula is C14H18N2O6. The number of carboxylic acid groups (broad SMARTS) is 1. The van der Waals surface area contributed by atoms with Crippen LogP contribution in [-0.2, 0) is 19.9 Å². The fourth-order valence-corrected chi connectivity index (χ4v) is 1.80. The highest BCUT2D eigenvalue weighted by Gasteiger charge is 2.42. The Morgan fingerprint density at radius 1 is 1.36 bits per heavy atom. The smallest absolute Gasteiger partial charge is 0.331 e. The second-order valence-electron chi connectivity index (χ2n) is 5.85. The van der Waals surface area contributed by atoms with Crippen molar-refractivity contribution in [2.45, 2.75) is 38.3 Å². The molecule has 0 heterocycles. The summed E-state index contributed by atoms with van der Waals surface area (Å²) in [5.74, 6) is -2.28. The summed E-state index contributed by atoms with van der Waals surface area (Å²) < 4.78 is 5.16. The molecule has 8 nitrogen and oxygen atoms in total. The number of esters is 1. The van der Waals surface area contributed by atoms with Crippen molar-refractivity contribution in [3.8, 4) is 0 Å². The van der Waals surface area contributed by atoms with Crippen LogP contribution in [0.4, 0.5) is 5.69 Å². The predicted octanol–water partition coefficient (Wildman–Crippen LogP) is 1.57. The molecule has 0 bridgehead atoms. The number of non-ortho nitro benzene ring substituents is 1. The Morgan fingerprint density at radius 2 is 1.95 bits per heavy atom. The molecule has 0 fully saturated rings. The molecule has 22 heavy (non-hydrogen) atoms. The predicted molar refractivity (Wildman–Crippen MR) is 77.1 cm³/mol. The molecule has 8 heteroatoms. The first-order valence-electron chi connectivity index (χ1n) is 6.45. The van der Waals surface area contributed by atoms with Gasteiger partial charge >= 0.3 is 11.9 Å². The maximum atomic E-state index is 12.3. The van der Waals surface area contributed by atoms with Crippen LogP contribution < -0.4 is 5.73 Å². The molecule has 3 N–H and O–H groups in total. The first kappa shape index (κ1) is 17.6. The molecule has 0 aliphatic rings. The summed E-state index contributed by atoms with van der Waals surface area (Å²) in [7, 11) is 0. The highest BCUT2D eigenvalue weighted by Crippen LogP contribution is 2.29. The van der Waals surface area contributed by atoms with Gasteiger partial charge in [-0.25, -0.2) is 4.79 Å². The summed E-state index contributed by atoms with van der Waals surface area (Å²) in [6.45, 7) is 4.83. The number of nitro benzene ring substituents is 1. The van der Waals surface area contributed by atoms with Crippen molar-refractivity contribution in [1.29, 1.82) is 0 Å². The average molecular weight is 310 g/mol. The number of carbonyl (C=O) groups excluding carboxylic acids is 1. The second-order valence-corrected chi connectivity index (χ2v) is 5.85. The molecule has 0 saturated heterocycles. The molecule has 0 aliphatic heterocycles. The average Bonchev–Trinajstić information content (AvgIpc) is 2.35. The van der Waals surface area contributed by atoms with Gasteiger partial charge in [0.15, 0.2) is 5.54 Å². The number of nitrogens with zero attached hydrogens (tertiary/aromatic N) is 1. The molecule has 0 radical (unpaired) electrons. The molecule has 0 spiro atoms. The van der Waals surface area contributed by atoms with Crippen LogP contribution in [0.2, 0.25) is 0 Å². The van der Waals surface area contributed by atoms with Crippen LogP contribution in [0.5, 0.6) is 0 Å². The number of benzene rings is 1. The molecule has 1 unspecified atom stereocenters. The molecule has 1 rings (SSSR count). The Balaban J connectivity index is 3.33. The molecule has 0 amide bonds. The third kappa shape index (κ3) is 4.26. The summed E-state index contributed by atoms with van der Waals surface area (Å²) in [6.07, 6.45) is -0.747. The van der Waals surface area contributed by atoms with Crippen LogP contribution in [0.15, 0.2) is 24.3 Å². The van der Waals surface area contributed by atoms with Crippen LogP contribution in [0.3, 0.4) is 0 Å². The van der Waals surface area contributed by atoms with Crippen LogP contribution in [0.25, 0.3) is 0 Å². The number of carboxylic acids is 1. The minimum Gasteiger partial charge on any atom is -0.481 e. The minimum atomic E-state index is -2.01. The number of rotatable bonds is 5.